The highest BCUT2D eigenvalue weighted by Gasteiger charge is 2.15. The molecular formula is C17H14F2N4O. The molecule has 0 aliphatic carbocycles. The zero-order chi connectivity index (χ0) is 17.1. The van der Waals surface area contributed by atoms with Crippen molar-refractivity contribution in [2.75, 3.05) is 0 Å². The molecule has 0 saturated carbocycles. The molecule has 5 nitrogen and oxygen atoms in total. The monoisotopic (exact) mass is 328 g/mol. The summed E-state index contributed by atoms with van der Waals surface area (Å²) in [5.41, 5.74) is 0.669. The van der Waals surface area contributed by atoms with Gasteiger partial charge in [0.25, 0.3) is 5.91 Å². The summed E-state index contributed by atoms with van der Waals surface area (Å²) in [6.07, 6.45) is 3.33. The predicted molar refractivity (Wildman–Crippen MR) is 83.6 cm³/mol. The molecule has 0 radical (unpaired) electrons. The molecule has 1 amide bonds. The van der Waals surface area contributed by atoms with E-state index < -0.39 is 23.6 Å². The maximum absolute atomic E-state index is 13.3. The third-order valence-electron chi connectivity index (χ3n) is 3.50. The second-order valence-electron chi connectivity index (χ2n) is 5.20. The summed E-state index contributed by atoms with van der Waals surface area (Å²) in [4.78, 5) is 16.6. The number of halogens is 2. The fourth-order valence-corrected chi connectivity index (χ4v) is 2.22. The number of carbonyl (C=O) groups excluding carboxylic acids is 1. The van der Waals surface area contributed by atoms with Gasteiger partial charge in [-0.1, -0.05) is 12.1 Å². The smallest absolute Gasteiger partial charge is 0.270 e. The fourth-order valence-electron chi connectivity index (χ4n) is 2.22. The van der Waals surface area contributed by atoms with E-state index >= 15 is 0 Å². The summed E-state index contributed by atoms with van der Waals surface area (Å²) in [6, 6.07) is 9.76. The molecule has 2 aromatic heterocycles. The Bertz CT molecular complexity index is 865. The van der Waals surface area contributed by atoms with Gasteiger partial charge in [-0.25, -0.2) is 18.4 Å². The first-order chi connectivity index (χ1) is 11.5. The van der Waals surface area contributed by atoms with Crippen molar-refractivity contribution in [1.29, 1.82) is 0 Å². The average Bonchev–Trinajstić information content (AvgIpc) is 3.12. The van der Waals surface area contributed by atoms with Gasteiger partial charge in [-0.2, -0.15) is 5.10 Å². The normalized spacial score (nSPS) is 12.0. The van der Waals surface area contributed by atoms with E-state index in [0.29, 0.717) is 11.4 Å². The number of amides is 1. The van der Waals surface area contributed by atoms with E-state index in [1.165, 1.54) is 10.7 Å². The molecule has 1 unspecified atom stereocenters. The van der Waals surface area contributed by atoms with Gasteiger partial charge < -0.3 is 5.32 Å². The van der Waals surface area contributed by atoms with Crippen molar-refractivity contribution in [3.05, 3.63) is 77.8 Å². The minimum atomic E-state index is -0.951. The second-order valence-corrected chi connectivity index (χ2v) is 5.20. The van der Waals surface area contributed by atoms with Crippen molar-refractivity contribution in [3.8, 4) is 5.82 Å². The van der Waals surface area contributed by atoms with Crippen molar-refractivity contribution < 1.29 is 13.6 Å². The Labute approximate surface area is 137 Å². The van der Waals surface area contributed by atoms with Crippen LogP contribution in [0, 0.1) is 11.6 Å². The van der Waals surface area contributed by atoms with Crippen molar-refractivity contribution in [2.45, 2.75) is 13.0 Å². The quantitative estimate of drug-likeness (QED) is 0.801. The van der Waals surface area contributed by atoms with Crippen LogP contribution in [0.3, 0.4) is 0 Å². The number of pyridine rings is 1. The summed E-state index contributed by atoms with van der Waals surface area (Å²) in [5.74, 6) is -1.78. The lowest BCUT2D eigenvalue weighted by molar-refractivity contribution is 0.0934. The second kappa shape index (κ2) is 6.57. The van der Waals surface area contributed by atoms with Crippen molar-refractivity contribution in [1.82, 2.24) is 20.1 Å². The SMILES string of the molecule is CC(NC(=O)c1cccc(-n2cccn2)n1)c1ccc(F)c(F)c1. The van der Waals surface area contributed by atoms with Crippen LogP contribution < -0.4 is 5.32 Å². The minimum Gasteiger partial charge on any atom is -0.344 e. The maximum atomic E-state index is 13.3. The first-order valence-electron chi connectivity index (χ1n) is 7.27. The molecular weight excluding hydrogens is 314 g/mol. The third-order valence-corrected chi connectivity index (χ3v) is 3.50. The minimum absolute atomic E-state index is 0.206. The van der Waals surface area contributed by atoms with E-state index in [1.54, 1.807) is 43.6 Å². The average molecular weight is 328 g/mol. The van der Waals surface area contributed by atoms with Crippen molar-refractivity contribution >= 4 is 5.91 Å². The molecule has 7 heteroatoms. The maximum Gasteiger partial charge on any atom is 0.270 e. The van der Waals surface area contributed by atoms with Crippen LogP contribution in [-0.2, 0) is 0 Å². The number of benzene rings is 1. The first-order valence-corrected chi connectivity index (χ1v) is 7.27. The van der Waals surface area contributed by atoms with E-state index in [1.807, 2.05) is 0 Å². The molecule has 1 N–H and O–H groups in total. The van der Waals surface area contributed by atoms with Crippen LogP contribution in [0.1, 0.15) is 29.0 Å². The van der Waals surface area contributed by atoms with Gasteiger partial charge in [0.15, 0.2) is 17.5 Å². The van der Waals surface area contributed by atoms with Gasteiger partial charge in [0.2, 0.25) is 0 Å². The molecule has 0 aliphatic heterocycles. The number of aromatic nitrogens is 3. The molecule has 0 spiro atoms. The van der Waals surface area contributed by atoms with E-state index in [2.05, 4.69) is 15.4 Å². The Kier molecular flexibility index (Phi) is 4.33. The van der Waals surface area contributed by atoms with Gasteiger partial charge in [0.1, 0.15) is 5.69 Å². The summed E-state index contributed by atoms with van der Waals surface area (Å²) >= 11 is 0. The van der Waals surface area contributed by atoms with Crippen LogP contribution in [0.4, 0.5) is 8.78 Å². The highest BCUT2D eigenvalue weighted by molar-refractivity contribution is 5.92. The van der Waals surface area contributed by atoms with Crippen molar-refractivity contribution in [2.24, 2.45) is 0 Å². The molecule has 122 valence electrons. The Morgan fingerprint density at radius 3 is 2.71 bits per heavy atom. The molecule has 1 aromatic carbocycles. The van der Waals surface area contributed by atoms with Crippen LogP contribution >= 0.6 is 0 Å². The molecule has 0 aliphatic rings. The molecule has 0 fully saturated rings. The summed E-state index contributed by atoms with van der Waals surface area (Å²) in [6.45, 7) is 1.68. The van der Waals surface area contributed by atoms with Gasteiger partial charge in [-0.3, -0.25) is 4.79 Å². The molecule has 3 aromatic rings. The molecule has 0 saturated heterocycles. The van der Waals surface area contributed by atoms with Crippen molar-refractivity contribution in [3.63, 3.8) is 0 Å². The fraction of sp³-hybridized carbons (Fsp3) is 0.118. The molecule has 3 rings (SSSR count). The molecule has 24 heavy (non-hydrogen) atoms. The van der Waals surface area contributed by atoms with E-state index in [4.69, 9.17) is 0 Å². The van der Waals surface area contributed by atoms with E-state index in [-0.39, 0.29) is 5.69 Å². The Morgan fingerprint density at radius 2 is 2.00 bits per heavy atom. The van der Waals surface area contributed by atoms with Gasteiger partial charge in [0, 0.05) is 12.4 Å². The number of rotatable bonds is 4. The lowest BCUT2D eigenvalue weighted by atomic mass is 10.1. The van der Waals surface area contributed by atoms with Crippen LogP contribution in [-0.4, -0.2) is 20.7 Å². The standard InChI is InChI=1S/C17H14F2N4O/c1-11(12-6-7-13(18)14(19)10-12)21-17(24)15-4-2-5-16(22-15)23-9-3-8-20-23/h2-11H,1H3,(H,21,24). The third kappa shape index (κ3) is 3.29. The van der Waals surface area contributed by atoms with E-state index in [9.17, 15) is 13.6 Å². The number of carbonyl (C=O) groups is 1. The lowest BCUT2D eigenvalue weighted by Crippen LogP contribution is -2.27. The topological polar surface area (TPSA) is 59.8 Å². The predicted octanol–water partition coefficient (Wildman–Crippen LogP) is 3.04. The van der Waals surface area contributed by atoms with Crippen LogP contribution in [0.5, 0.6) is 0 Å². The molecule has 1 atom stereocenters. The Morgan fingerprint density at radius 1 is 1.17 bits per heavy atom. The Hall–Kier alpha value is -3.09. The zero-order valence-corrected chi connectivity index (χ0v) is 12.8. The zero-order valence-electron chi connectivity index (χ0n) is 12.8. The lowest BCUT2D eigenvalue weighted by Gasteiger charge is -2.14. The van der Waals surface area contributed by atoms with Gasteiger partial charge in [-0.15, -0.1) is 0 Å². The van der Waals surface area contributed by atoms with Gasteiger partial charge >= 0.3 is 0 Å². The van der Waals surface area contributed by atoms with E-state index in [0.717, 1.165) is 12.1 Å². The highest BCUT2D eigenvalue weighted by Crippen LogP contribution is 2.16. The van der Waals surface area contributed by atoms with Gasteiger partial charge in [0.05, 0.1) is 6.04 Å². The largest absolute Gasteiger partial charge is 0.344 e. The van der Waals surface area contributed by atoms with Crippen LogP contribution in [0.25, 0.3) is 5.82 Å². The summed E-state index contributed by atoms with van der Waals surface area (Å²) in [5, 5.41) is 6.77. The highest BCUT2D eigenvalue weighted by atomic mass is 19.2. The number of nitrogens with zero attached hydrogens (tertiary/aromatic N) is 3. The number of nitrogens with one attached hydrogen (secondary N) is 1. The number of hydrogen-bond acceptors (Lipinski definition) is 3. The van der Waals surface area contributed by atoms with Gasteiger partial charge in [-0.05, 0) is 42.8 Å². The molecule has 0 bridgehead atoms. The summed E-state index contributed by atoms with van der Waals surface area (Å²) < 4.78 is 27.8. The summed E-state index contributed by atoms with van der Waals surface area (Å²) in [7, 11) is 0. The number of hydrogen-bond donors (Lipinski definition) is 1. The first kappa shape index (κ1) is 15.8. The van der Waals surface area contributed by atoms with Crippen LogP contribution in [0.2, 0.25) is 0 Å². The van der Waals surface area contributed by atoms with Crippen LogP contribution in [0.15, 0.2) is 54.9 Å². The molecule has 2 heterocycles. The Balaban J connectivity index is 1.77.